The molecule has 4 heteroatoms. The number of carbonyl (C=O) groups is 2. The first-order valence-electron chi connectivity index (χ1n) is 10.7. The van der Waals surface area contributed by atoms with E-state index in [-0.39, 0.29) is 0 Å². The first-order chi connectivity index (χ1) is 12.6. The molecule has 0 rings (SSSR count). The fraction of sp³-hybridized carbons (Fsp3) is 0.818. The molecule has 0 amide bonds. The summed E-state index contributed by atoms with van der Waals surface area (Å²) in [5.41, 5.74) is 0. The van der Waals surface area contributed by atoms with Gasteiger partial charge in [0.2, 0.25) is 0 Å². The van der Waals surface area contributed by atoms with Crippen molar-refractivity contribution in [3.05, 3.63) is 12.2 Å². The molecule has 0 aliphatic carbocycles. The maximum atomic E-state index is 11.5. The van der Waals surface area contributed by atoms with Crippen LogP contribution in [0.25, 0.3) is 0 Å². The van der Waals surface area contributed by atoms with Crippen LogP contribution in [0.5, 0.6) is 0 Å². The van der Waals surface area contributed by atoms with E-state index < -0.39 is 11.9 Å². The third-order valence-corrected chi connectivity index (χ3v) is 4.71. The standard InChI is InChI=1S/C22H40O4/c1-4-7-8-9-10-11-12-13-14-15-18-25-21(23)16-17-22(24)26-19-20(5-2)6-3/h16-17,20H,4-15,18-19H2,1-3H3/b17-16+. The minimum absolute atomic E-state index is 0.385. The lowest BCUT2D eigenvalue weighted by Gasteiger charge is -2.11. The van der Waals surface area contributed by atoms with Crippen molar-refractivity contribution in [2.45, 2.75) is 97.8 Å². The van der Waals surface area contributed by atoms with Crippen molar-refractivity contribution in [2.75, 3.05) is 13.2 Å². The van der Waals surface area contributed by atoms with Gasteiger partial charge in [-0.1, -0.05) is 91.4 Å². The number of rotatable bonds is 17. The molecule has 0 heterocycles. The number of carbonyl (C=O) groups excluding carboxylic acids is 2. The second-order valence-corrected chi connectivity index (χ2v) is 7.00. The average molecular weight is 369 g/mol. The van der Waals surface area contributed by atoms with E-state index in [1.54, 1.807) is 0 Å². The molecule has 0 bridgehead atoms. The number of hydrogen-bond acceptors (Lipinski definition) is 4. The topological polar surface area (TPSA) is 52.6 Å². The predicted molar refractivity (Wildman–Crippen MR) is 107 cm³/mol. The van der Waals surface area contributed by atoms with Gasteiger partial charge in [0.1, 0.15) is 0 Å². The summed E-state index contributed by atoms with van der Waals surface area (Å²) in [6, 6.07) is 0. The molecule has 0 aliphatic heterocycles. The Labute approximate surface area is 160 Å². The normalized spacial score (nSPS) is 11.2. The molecule has 152 valence electrons. The summed E-state index contributed by atoms with van der Waals surface area (Å²) >= 11 is 0. The van der Waals surface area contributed by atoms with Crippen LogP contribution in [0, 0.1) is 5.92 Å². The lowest BCUT2D eigenvalue weighted by molar-refractivity contribution is -0.141. The van der Waals surface area contributed by atoms with Crippen LogP contribution >= 0.6 is 0 Å². The minimum atomic E-state index is -0.479. The molecule has 0 aromatic rings. The highest BCUT2D eigenvalue weighted by Crippen LogP contribution is 2.10. The lowest BCUT2D eigenvalue weighted by Crippen LogP contribution is -2.12. The van der Waals surface area contributed by atoms with Gasteiger partial charge in [0.15, 0.2) is 0 Å². The summed E-state index contributed by atoms with van der Waals surface area (Å²) < 4.78 is 10.2. The second-order valence-electron chi connectivity index (χ2n) is 7.00. The third-order valence-electron chi connectivity index (χ3n) is 4.71. The first-order valence-corrected chi connectivity index (χ1v) is 10.7. The van der Waals surface area contributed by atoms with E-state index in [1.807, 2.05) is 0 Å². The van der Waals surface area contributed by atoms with Gasteiger partial charge in [0, 0.05) is 12.2 Å². The van der Waals surface area contributed by atoms with Crippen LogP contribution in [0.15, 0.2) is 12.2 Å². The monoisotopic (exact) mass is 368 g/mol. The highest BCUT2D eigenvalue weighted by Gasteiger charge is 2.06. The largest absolute Gasteiger partial charge is 0.463 e. The van der Waals surface area contributed by atoms with Gasteiger partial charge in [0.25, 0.3) is 0 Å². The third kappa shape index (κ3) is 16.2. The van der Waals surface area contributed by atoms with Gasteiger partial charge in [-0.05, 0) is 12.3 Å². The Balaban J connectivity index is 3.52. The number of unbranched alkanes of at least 4 members (excludes halogenated alkanes) is 9. The van der Waals surface area contributed by atoms with Crippen LogP contribution in [0.3, 0.4) is 0 Å². The summed E-state index contributed by atoms with van der Waals surface area (Å²) in [7, 11) is 0. The van der Waals surface area contributed by atoms with Crippen molar-refractivity contribution in [1.29, 1.82) is 0 Å². The zero-order valence-electron chi connectivity index (χ0n) is 17.3. The Hall–Kier alpha value is -1.32. The van der Waals surface area contributed by atoms with Crippen molar-refractivity contribution in [2.24, 2.45) is 5.92 Å². The fourth-order valence-electron chi connectivity index (χ4n) is 2.72. The van der Waals surface area contributed by atoms with Crippen molar-refractivity contribution in [1.82, 2.24) is 0 Å². The fourth-order valence-corrected chi connectivity index (χ4v) is 2.72. The number of esters is 2. The zero-order chi connectivity index (χ0) is 19.5. The SMILES string of the molecule is CCCCCCCCCCCCOC(=O)/C=C/C(=O)OCC(CC)CC. The summed E-state index contributed by atoms with van der Waals surface area (Å²) in [6.07, 6.45) is 16.7. The van der Waals surface area contributed by atoms with Crippen molar-refractivity contribution < 1.29 is 19.1 Å². The van der Waals surface area contributed by atoms with Crippen LogP contribution in [-0.4, -0.2) is 25.2 Å². The highest BCUT2D eigenvalue weighted by molar-refractivity contribution is 5.91. The lowest BCUT2D eigenvalue weighted by atomic mass is 10.1. The van der Waals surface area contributed by atoms with Crippen molar-refractivity contribution >= 4 is 11.9 Å². The van der Waals surface area contributed by atoms with Gasteiger partial charge in [-0.25, -0.2) is 9.59 Å². The average Bonchev–Trinajstić information content (AvgIpc) is 2.65. The van der Waals surface area contributed by atoms with Gasteiger partial charge in [-0.15, -0.1) is 0 Å². The molecular weight excluding hydrogens is 328 g/mol. The van der Waals surface area contributed by atoms with Crippen LogP contribution in [0.1, 0.15) is 97.8 Å². The molecule has 26 heavy (non-hydrogen) atoms. The zero-order valence-corrected chi connectivity index (χ0v) is 17.3. The molecule has 0 N–H and O–H groups in total. The molecule has 0 unspecified atom stereocenters. The van der Waals surface area contributed by atoms with E-state index in [2.05, 4.69) is 20.8 Å². The summed E-state index contributed by atoms with van der Waals surface area (Å²) in [5, 5.41) is 0. The molecule has 4 nitrogen and oxygen atoms in total. The molecular formula is C22H40O4. The maximum absolute atomic E-state index is 11.5. The van der Waals surface area contributed by atoms with Crippen LogP contribution in [0.2, 0.25) is 0 Å². The van der Waals surface area contributed by atoms with Crippen LogP contribution < -0.4 is 0 Å². The number of ether oxygens (including phenoxy) is 2. The van der Waals surface area contributed by atoms with Gasteiger partial charge in [-0.2, -0.15) is 0 Å². The Morgan fingerprint density at radius 1 is 0.692 bits per heavy atom. The molecule has 0 aromatic heterocycles. The minimum Gasteiger partial charge on any atom is -0.463 e. The van der Waals surface area contributed by atoms with Gasteiger partial charge < -0.3 is 9.47 Å². The second kappa shape index (κ2) is 18.5. The summed E-state index contributed by atoms with van der Waals surface area (Å²) in [4.78, 5) is 23.1. The molecule has 0 radical (unpaired) electrons. The Morgan fingerprint density at radius 3 is 1.65 bits per heavy atom. The predicted octanol–water partition coefficient (Wildman–Crippen LogP) is 5.99. The van der Waals surface area contributed by atoms with E-state index in [9.17, 15) is 9.59 Å². The molecule has 0 saturated carbocycles. The molecule has 0 saturated heterocycles. The Kier molecular flexibility index (Phi) is 17.5. The van der Waals surface area contributed by atoms with Crippen molar-refractivity contribution in [3.8, 4) is 0 Å². The van der Waals surface area contributed by atoms with E-state index in [1.165, 1.54) is 51.4 Å². The van der Waals surface area contributed by atoms with Gasteiger partial charge >= 0.3 is 11.9 Å². The van der Waals surface area contributed by atoms with Crippen LogP contribution in [0.4, 0.5) is 0 Å². The highest BCUT2D eigenvalue weighted by atomic mass is 16.5. The first kappa shape index (κ1) is 24.7. The molecule has 0 aromatic carbocycles. The Morgan fingerprint density at radius 2 is 1.15 bits per heavy atom. The van der Waals surface area contributed by atoms with Crippen LogP contribution in [-0.2, 0) is 19.1 Å². The summed E-state index contributed by atoms with van der Waals surface area (Å²) in [6.45, 7) is 7.21. The summed E-state index contributed by atoms with van der Waals surface area (Å²) in [5.74, 6) is -0.566. The van der Waals surface area contributed by atoms with E-state index in [0.29, 0.717) is 19.1 Å². The van der Waals surface area contributed by atoms with E-state index in [0.717, 1.165) is 37.8 Å². The molecule has 0 aliphatic rings. The quantitative estimate of drug-likeness (QED) is 0.180. The maximum Gasteiger partial charge on any atom is 0.331 e. The smallest absolute Gasteiger partial charge is 0.331 e. The Bertz CT molecular complexity index is 372. The van der Waals surface area contributed by atoms with Crippen molar-refractivity contribution in [3.63, 3.8) is 0 Å². The van der Waals surface area contributed by atoms with Gasteiger partial charge in [0.05, 0.1) is 13.2 Å². The number of hydrogen-bond donors (Lipinski definition) is 0. The van der Waals surface area contributed by atoms with Gasteiger partial charge in [-0.3, -0.25) is 0 Å². The van der Waals surface area contributed by atoms with E-state index >= 15 is 0 Å². The molecule has 0 atom stereocenters. The van der Waals surface area contributed by atoms with E-state index in [4.69, 9.17) is 9.47 Å². The molecule has 0 fully saturated rings. The molecule has 0 spiro atoms.